The monoisotopic (exact) mass is 860 g/mol. The lowest BCUT2D eigenvalue weighted by Gasteiger charge is -2.37. The predicted octanol–water partition coefficient (Wildman–Crippen LogP) is 18.6. The van der Waals surface area contributed by atoms with E-state index in [9.17, 15) is 0 Å². The molecule has 0 radical (unpaired) electrons. The molecule has 0 spiro atoms. The minimum absolute atomic E-state index is 0.0647. The van der Waals surface area contributed by atoms with E-state index in [1.165, 1.54) is 89.4 Å². The molecule has 0 amide bonds. The first kappa shape index (κ1) is 35.7. The zero-order valence-corrected chi connectivity index (χ0v) is 37.9. The van der Waals surface area contributed by atoms with Crippen LogP contribution in [0, 0.1) is 0 Å². The second-order valence-corrected chi connectivity index (χ2v) is 20.6. The average molecular weight is 861 g/mol. The van der Waals surface area contributed by atoms with E-state index in [0.717, 1.165) is 47.0 Å². The Kier molecular flexibility index (Phi) is 7.89. The van der Waals surface area contributed by atoms with E-state index in [0.29, 0.717) is 12.1 Å². The Morgan fingerprint density at radius 2 is 1.02 bits per heavy atom. The number of aryl methyl sites for hydroxylation is 1. The predicted molar refractivity (Wildman–Crippen MR) is 281 cm³/mol. The van der Waals surface area contributed by atoms with Crippen LogP contribution < -0.4 is 9.80 Å². The zero-order valence-electron chi connectivity index (χ0n) is 38.3. The number of benzene rings is 10. The van der Waals surface area contributed by atoms with Gasteiger partial charge in [0.1, 0.15) is 0 Å². The van der Waals surface area contributed by atoms with Crippen LogP contribution in [0.5, 0.6) is 0 Å². The van der Waals surface area contributed by atoms with E-state index in [4.69, 9.17) is 2.74 Å². The van der Waals surface area contributed by atoms with E-state index >= 15 is 0 Å². The fourth-order valence-corrected chi connectivity index (χ4v) is 13.4. The maximum absolute atomic E-state index is 8.57. The summed E-state index contributed by atoms with van der Waals surface area (Å²) < 4.78 is 22.2. The second kappa shape index (κ2) is 14.1. The van der Waals surface area contributed by atoms with Gasteiger partial charge in [-0.15, -0.1) is 22.7 Å². The molecule has 0 aliphatic heterocycles. The average Bonchev–Trinajstić information content (AvgIpc) is 3.91. The van der Waals surface area contributed by atoms with Crippen LogP contribution in [0.2, 0.25) is 0 Å². The second-order valence-electron chi connectivity index (χ2n) is 18.5. The smallest absolute Gasteiger partial charge is 0.0640 e. The molecule has 0 N–H and O–H groups in total. The van der Waals surface area contributed by atoms with Crippen LogP contribution in [0.15, 0.2) is 176 Å². The molecule has 1 aliphatic rings. The molecule has 13 rings (SSSR count). The summed E-state index contributed by atoms with van der Waals surface area (Å²) in [6.45, 7) is 9.54. The Labute approximate surface area is 384 Å². The van der Waals surface area contributed by atoms with E-state index in [2.05, 4.69) is 177 Å². The Bertz CT molecular complexity index is 3920. The largest absolute Gasteiger partial charge is 0.308 e. The molecule has 0 atom stereocenters. The van der Waals surface area contributed by atoms with E-state index in [1.54, 1.807) is 0 Å². The highest BCUT2D eigenvalue weighted by atomic mass is 32.1. The van der Waals surface area contributed by atoms with Crippen molar-refractivity contribution in [3.63, 3.8) is 0 Å². The molecule has 4 heteroatoms. The van der Waals surface area contributed by atoms with Gasteiger partial charge in [-0.2, -0.15) is 0 Å². The summed E-state index contributed by atoms with van der Waals surface area (Å²) >= 11 is 3.72. The van der Waals surface area contributed by atoms with Crippen molar-refractivity contribution < 1.29 is 2.74 Å². The van der Waals surface area contributed by atoms with Crippen molar-refractivity contribution in [3.8, 4) is 0 Å². The van der Waals surface area contributed by atoms with Crippen molar-refractivity contribution in [2.24, 2.45) is 0 Å². The van der Waals surface area contributed by atoms with Crippen molar-refractivity contribution >= 4 is 129 Å². The minimum Gasteiger partial charge on any atom is -0.308 e. The topological polar surface area (TPSA) is 6.48 Å². The number of hydrogen-bond donors (Lipinski definition) is 0. The Morgan fingerprint density at radius 1 is 0.484 bits per heavy atom. The fourth-order valence-electron chi connectivity index (χ4n) is 11.0. The molecule has 10 aromatic carbocycles. The summed E-state index contributed by atoms with van der Waals surface area (Å²) in [7, 11) is 0. The lowest BCUT2D eigenvalue weighted by atomic mass is 9.70. The lowest BCUT2D eigenvalue weighted by molar-refractivity contribution is 0.475. The Hall–Kier alpha value is -6.72. The number of thiophene rings is 2. The molecule has 0 unspecified atom stereocenters. The van der Waals surface area contributed by atoms with Crippen LogP contribution in [0.25, 0.3) is 72.7 Å². The number of para-hydroxylation sites is 2. The van der Waals surface area contributed by atoms with Gasteiger partial charge in [-0.3, -0.25) is 0 Å². The van der Waals surface area contributed by atoms with Gasteiger partial charge in [0, 0.05) is 58.5 Å². The third kappa shape index (κ3) is 5.49. The number of hydrogen-bond acceptors (Lipinski definition) is 4. The van der Waals surface area contributed by atoms with Crippen LogP contribution >= 0.6 is 22.7 Å². The molecule has 2 nitrogen and oxygen atoms in total. The zero-order chi connectivity index (χ0) is 44.6. The molecule has 64 heavy (non-hydrogen) atoms. The number of fused-ring (bicyclic) bond motifs is 6. The maximum Gasteiger partial charge on any atom is 0.0640 e. The molecule has 2 aromatic heterocycles. The first-order valence-electron chi connectivity index (χ1n) is 23.5. The molecule has 2 heterocycles. The summed E-state index contributed by atoms with van der Waals surface area (Å²) in [6, 6.07) is 60.6. The molecule has 1 aliphatic carbocycles. The third-order valence-corrected chi connectivity index (χ3v) is 16.5. The van der Waals surface area contributed by atoms with Crippen molar-refractivity contribution in [3.05, 3.63) is 193 Å². The first-order valence-corrected chi connectivity index (χ1v) is 24.1. The van der Waals surface area contributed by atoms with Gasteiger partial charge in [0.05, 0.1) is 34.9 Å². The van der Waals surface area contributed by atoms with Gasteiger partial charge in [0.2, 0.25) is 0 Å². The van der Waals surface area contributed by atoms with Gasteiger partial charge in [-0.25, -0.2) is 0 Å². The van der Waals surface area contributed by atoms with E-state index in [1.807, 2.05) is 46.9 Å². The number of anilines is 6. The van der Waals surface area contributed by atoms with Gasteiger partial charge >= 0.3 is 0 Å². The quantitative estimate of drug-likeness (QED) is 0.147. The molecular weight excluding hydrogens is 813 g/mol. The molecular formula is C60H46N2S2. The summed E-state index contributed by atoms with van der Waals surface area (Å²) in [5.41, 5.74) is 10.7. The van der Waals surface area contributed by atoms with Gasteiger partial charge < -0.3 is 9.80 Å². The standard InChI is InChI=1S/C60H46N2S2/c1-36(2)46-35-52(62(39-19-9-6-10-20-39)50-26-16-24-44-41-22-12-14-28-54(41)64-59(44)50)47-34-48-55-37(31-32-60(48,3)4)33-51(45-30-29-42(46)56(47)57(45)55)61(38-17-7-5-8-18-38)49-25-15-23-43-40-21-11-13-27-53(40)63-58(43)49/h5-30,33-36H,31-32H2,1-4H3/i5D,6D. The van der Waals surface area contributed by atoms with Crippen molar-refractivity contribution in [2.75, 3.05) is 9.80 Å². The van der Waals surface area contributed by atoms with Crippen LogP contribution in [0.3, 0.4) is 0 Å². The molecule has 308 valence electrons. The van der Waals surface area contributed by atoms with Gasteiger partial charge in [-0.05, 0) is 124 Å². The van der Waals surface area contributed by atoms with Gasteiger partial charge in [0.15, 0.2) is 0 Å². The van der Waals surface area contributed by atoms with E-state index < -0.39 is 0 Å². The highest BCUT2D eigenvalue weighted by Crippen LogP contribution is 2.56. The van der Waals surface area contributed by atoms with E-state index in [-0.39, 0.29) is 11.3 Å². The fraction of sp³-hybridized carbons (Fsp3) is 0.133. The van der Waals surface area contributed by atoms with Crippen LogP contribution in [0.1, 0.15) is 59.5 Å². The van der Waals surface area contributed by atoms with Gasteiger partial charge in [0.25, 0.3) is 0 Å². The molecule has 0 bridgehead atoms. The normalized spacial score (nSPS) is 14.2. The molecule has 0 saturated heterocycles. The third-order valence-electron chi connectivity index (χ3n) is 14.1. The van der Waals surface area contributed by atoms with Crippen molar-refractivity contribution in [1.29, 1.82) is 0 Å². The Morgan fingerprint density at radius 3 is 1.59 bits per heavy atom. The molecule has 12 aromatic rings. The van der Waals surface area contributed by atoms with Crippen LogP contribution in [0.4, 0.5) is 34.1 Å². The number of rotatable bonds is 7. The van der Waals surface area contributed by atoms with Crippen LogP contribution in [-0.4, -0.2) is 0 Å². The first-order chi connectivity index (χ1) is 32.1. The Balaban J connectivity index is 1.18. The molecule has 0 saturated carbocycles. The van der Waals surface area contributed by atoms with Crippen molar-refractivity contribution in [1.82, 2.24) is 0 Å². The van der Waals surface area contributed by atoms with Crippen LogP contribution in [-0.2, 0) is 11.8 Å². The maximum atomic E-state index is 8.57. The lowest BCUT2D eigenvalue weighted by Crippen LogP contribution is -2.24. The summed E-state index contributed by atoms with van der Waals surface area (Å²) in [5, 5.41) is 12.9. The number of nitrogens with zero attached hydrogens (tertiary/aromatic N) is 2. The van der Waals surface area contributed by atoms with Crippen molar-refractivity contribution in [2.45, 2.75) is 51.9 Å². The summed E-state index contributed by atoms with van der Waals surface area (Å²) in [5.74, 6) is 0.249. The summed E-state index contributed by atoms with van der Waals surface area (Å²) in [6.07, 6.45) is 2.02. The highest BCUT2D eigenvalue weighted by molar-refractivity contribution is 7.26. The summed E-state index contributed by atoms with van der Waals surface area (Å²) in [4.78, 5) is 4.98. The SMILES string of the molecule is [2H]c1ccc(N(c2cc(C(C)C)c3ccc4c(N(c5ccc([2H])cc5)c5cccc6c5sc5ccccc56)cc5c6c(cc2c3c46)C(C)(C)CC5)c2cccc3c2sc2ccccc23)cc1. The highest BCUT2D eigenvalue weighted by Gasteiger charge is 2.34. The van der Waals surface area contributed by atoms with Gasteiger partial charge in [-0.1, -0.05) is 137 Å². The molecule has 0 fully saturated rings. The minimum atomic E-state index is -0.0647.